The van der Waals surface area contributed by atoms with Gasteiger partial charge in [0.1, 0.15) is 0 Å². The molecule has 0 aliphatic heterocycles. The van der Waals surface area contributed by atoms with Gasteiger partial charge in [-0.3, -0.25) is 4.79 Å². The highest BCUT2D eigenvalue weighted by molar-refractivity contribution is 7.99. The van der Waals surface area contributed by atoms with Gasteiger partial charge in [0.25, 0.3) is 0 Å². The minimum absolute atomic E-state index is 0.0675. The zero-order valence-corrected chi connectivity index (χ0v) is 17.3. The molecular formula is C20H22ClN5OS. The number of nitrogens with zero attached hydrogens (tertiary/aromatic N) is 3. The maximum Gasteiger partial charge on any atom is 0.234 e. The average Bonchev–Trinajstić information content (AvgIpc) is 3.08. The van der Waals surface area contributed by atoms with Gasteiger partial charge in [-0.2, -0.15) is 0 Å². The van der Waals surface area contributed by atoms with Gasteiger partial charge >= 0.3 is 0 Å². The Bertz CT molecular complexity index is 942. The van der Waals surface area contributed by atoms with Gasteiger partial charge in [-0.05, 0) is 55.8 Å². The predicted octanol–water partition coefficient (Wildman–Crippen LogP) is 4.60. The van der Waals surface area contributed by atoms with Crippen LogP contribution in [0.15, 0.2) is 53.7 Å². The Hall–Kier alpha value is -2.51. The molecule has 0 aliphatic rings. The van der Waals surface area contributed by atoms with Crippen LogP contribution in [-0.4, -0.2) is 26.4 Å². The Morgan fingerprint density at radius 2 is 1.93 bits per heavy atom. The van der Waals surface area contributed by atoms with Crippen LogP contribution in [0.25, 0.3) is 0 Å². The van der Waals surface area contributed by atoms with Gasteiger partial charge in [-0.15, -0.1) is 10.2 Å². The maximum atomic E-state index is 12.2. The van der Waals surface area contributed by atoms with Crippen molar-refractivity contribution in [3.8, 4) is 0 Å². The van der Waals surface area contributed by atoms with Crippen LogP contribution in [0.2, 0.25) is 5.02 Å². The molecule has 6 nitrogen and oxygen atoms in total. The fourth-order valence-corrected chi connectivity index (χ4v) is 3.62. The summed E-state index contributed by atoms with van der Waals surface area (Å²) in [7, 11) is 0. The molecular weight excluding hydrogens is 394 g/mol. The standard InChI is InChI=1S/C20H22ClN5OS/c1-3-26-18(12-22-16-9-7-15(21)8-10-16)24-25-20(26)28-13-19(27)23-17-6-4-5-14(2)11-17/h4-11,22H,3,12-13H2,1-2H3,(H,23,27). The van der Waals surface area contributed by atoms with Gasteiger partial charge in [0.2, 0.25) is 5.91 Å². The quantitative estimate of drug-likeness (QED) is 0.526. The van der Waals surface area contributed by atoms with Crippen molar-refractivity contribution in [2.24, 2.45) is 0 Å². The SMILES string of the molecule is CCn1c(CNc2ccc(Cl)cc2)nnc1SCC(=O)Nc1cccc(C)c1. The summed E-state index contributed by atoms with van der Waals surface area (Å²) in [5.41, 5.74) is 2.87. The number of amides is 1. The second kappa shape index (κ2) is 9.61. The van der Waals surface area contributed by atoms with Crippen LogP contribution in [0.5, 0.6) is 0 Å². The number of carbonyl (C=O) groups is 1. The van der Waals surface area contributed by atoms with Crippen molar-refractivity contribution < 1.29 is 4.79 Å². The van der Waals surface area contributed by atoms with E-state index in [1.807, 2.05) is 66.9 Å². The second-order valence-electron chi connectivity index (χ2n) is 6.21. The minimum atomic E-state index is -0.0675. The Labute approximate surface area is 173 Å². The monoisotopic (exact) mass is 415 g/mol. The number of aryl methyl sites for hydroxylation is 1. The molecule has 8 heteroatoms. The number of benzene rings is 2. The second-order valence-corrected chi connectivity index (χ2v) is 7.59. The molecule has 0 atom stereocenters. The summed E-state index contributed by atoms with van der Waals surface area (Å²) in [6, 6.07) is 15.2. The van der Waals surface area contributed by atoms with E-state index in [0.717, 1.165) is 34.5 Å². The van der Waals surface area contributed by atoms with Crippen LogP contribution in [0.4, 0.5) is 11.4 Å². The van der Waals surface area contributed by atoms with Gasteiger partial charge in [0, 0.05) is 22.9 Å². The van der Waals surface area contributed by atoms with Crippen LogP contribution in [0.1, 0.15) is 18.3 Å². The van der Waals surface area contributed by atoms with Gasteiger partial charge in [0.15, 0.2) is 11.0 Å². The largest absolute Gasteiger partial charge is 0.378 e. The molecule has 1 amide bonds. The Morgan fingerprint density at radius 1 is 1.14 bits per heavy atom. The molecule has 0 saturated carbocycles. The fraction of sp³-hybridized carbons (Fsp3) is 0.250. The lowest BCUT2D eigenvalue weighted by molar-refractivity contribution is -0.113. The van der Waals surface area contributed by atoms with Crippen molar-refractivity contribution in [1.29, 1.82) is 0 Å². The molecule has 2 N–H and O–H groups in total. The van der Waals surface area contributed by atoms with Crippen molar-refractivity contribution in [3.05, 3.63) is 64.9 Å². The molecule has 28 heavy (non-hydrogen) atoms. The number of carbonyl (C=O) groups excluding carboxylic acids is 1. The molecule has 0 saturated heterocycles. The van der Waals surface area contributed by atoms with Crippen LogP contribution in [0.3, 0.4) is 0 Å². The lowest BCUT2D eigenvalue weighted by atomic mass is 10.2. The number of thioether (sulfide) groups is 1. The molecule has 2 aromatic carbocycles. The van der Waals surface area contributed by atoms with E-state index >= 15 is 0 Å². The van der Waals surface area contributed by atoms with Crippen LogP contribution < -0.4 is 10.6 Å². The third-order valence-electron chi connectivity index (χ3n) is 4.04. The molecule has 1 aromatic heterocycles. The number of nitrogens with one attached hydrogen (secondary N) is 2. The van der Waals surface area contributed by atoms with E-state index in [1.165, 1.54) is 11.8 Å². The zero-order chi connectivity index (χ0) is 19.9. The van der Waals surface area contributed by atoms with Crippen molar-refractivity contribution in [2.75, 3.05) is 16.4 Å². The Morgan fingerprint density at radius 3 is 2.64 bits per heavy atom. The first-order valence-electron chi connectivity index (χ1n) is 8.96. The summed E-state index contributed by atoms with van der Waals surface area (Å²) >= 11 is 7.29. The summed E-state index contributed by atoms with van der Waals surface area (Å²) in [4.78, 5) is 12.2. The third-order valence-corrected chi connectivity index (χ3v) is 5.26. The van der Waals surface area contributed by atoms with E-state index in [0.29, 0.717) is 11.6 Å². The average molecular weight is 416 g/mol. The minimum Gasteiger partial charge on any atom is -0.378 e. The number of hydrogen-bond acceptors (Lipinski definition) is 5. The molecule has 1 heterocycles. The van der Waals surface area contributed by atoms with Gasteiger partial charge in [0.05, 0.1) is 12.3 Å². The van der Waals surface area contributed by atoms with Crippen LogP contribution in [0, 0.1) is 6.92 Å². The molecule has 0 bridgehead atoms. The molecule has 0 unspecified atom stereocenters. The lowest BCUT2D eigenvalue weighted by Gasteiger charge is -2.09. The van der Waals surface area contributed by atoms with E-state index in [4.69, 9.17) is 11.6 Å². The Balaban J connectivity index is 1.57. The first kappa shape index (κ1) is 20.2. The summed E-state index contributed by atoms with van der Waals surface area (Å²) in [5, 5.41) is 16.2. The highest BCUT2D eigenvalue weighted by Crippen LogP contribution is 2.19. The van der Waals surface area contributed by atoms with Crippen molar-refractivity contribution in [1.82, 2.24) is 14.8 Å². The van der Waals surface area contributed by atoms with E-state index in [-0.39, 0.29) is 11.7 Å². The summed E-state index contributed by atoms with van der Waals surface area (Å²) < 4.78 is 2.01. The van der Waals surface area contributed by atoms with E-state index in [9.17, 15) is 4.79 Å². The predicted molar refractivity (Wildman–Crippen MR) is 115 cm³/mol. The van der Waals surface area contributed by atoms with Gasteiger partial charge in [-0.1, -0.05) is 35.5 Å². The van der Waals surface area contributed by atoms with Gasteiger partial charge in [-0.25, -0.2) is 0 Å². The molecule has 0 fully saturated rings. The molecule has 0 aliphatic carbocycles. The molecule has 0 spiro atoms. The fourth-order valence-electron chi connectivity index (χ4n) is 2.67. The molecule has 0 radical (unpaired) electrons. The number of anilines is 2. The third kappa shape index (κ3) is 5.50. The number of halogens is 1. The Kier molecular flexibility index (Phi) is 6.95. The van der Waals surface area contributed by atoms with Crippen molar-refractivity contribution in [3.63, 3.8) is 0 Å². The van der Waals surface area contributed by atoms with Crippen LogP contribution >= 0.6 is 23.4 Å². The van der Waals surface area contributed by atoms with Crippen molar-refractivity contribution in [2.45, 2.75) is 32.1 Å². The highest BCUT2D eigenvalue weighted by atomic mass is 35.5. The number of aromatic nitrogens is 3. The highest BCUT2D eigenvalue weighted by Gasteiger charge is 2.13. The molecule has 146 valence electrons. The van der Waals surface area contributed by atoms with Gasteiger partial charge < -0.3 is 15.2 Å². The van der Waals surface area contributed by atoms with Crippen molar-refractivity contribution >= 4 is 40.6 Å². The molecule has 3 rings (SSSR count). The van der Waals surface area contributed by atoms with E-state index < -0.39 is 0 Å². The zero-order valence-electron chi connectivity index (χ0n) is 15.8. The lowest BCUT2D eigenvalue weighted by Crippen LogP contribution is -2.15. The summed E-state index contributed by atoms with van der Waals surface area (Å²) in [6.45, 7) is 5.30. The first-order chi connectivity index (χ1) is 13.5. The molecule has 3 aromatic rings. The number of hydrogen-bond donors (Lipinski definition) is 2. The summed E-state index contributed by atoms with van der Waals surface area (Å²) in [5.74, 6) is 1.03. The summed E-state index contributed by atoms with van der Waals surface area (Å²) in [6.07, 6.45) is 0. The normalized spacial score (nSPS) is 10.7. The van der Waals surface area contributed by atoms with E-state index in [1.54, 1.807) is 0 Å². The smallest absolute Gasteiger partial charge is 0.234 e. The maximum absolute atomic E-state index is 12.2. The first-order valence-corrected chi connectivity index (χ1v) is 10.3. The van der Waals surface area contributed by atoms with Crippen LogP contribution in [-0.2, 0) is 17.9 Å². The number of rotatable bonds is 8. The van der Waals surface area contributed by atoms with E-state index in [2.05, 4.69) is 20.8 Å². The topological polar surface area (TPSA) is 71.8 Å².